The van der Waals surface area contributed by atoms with Crippen LogP contribution in [0.3, 0.4) is 0 Å². The van der Waals surface area contributed by atoms with E-state index in [2.05, 4.69) is 37.5 Å². The van der Waals surface area contributed by atoms with E-state index in [1.165, 1.54) is 5.56 Å². The van der Waals surface area contributed by atoms with Gasteiger partial charge in [-0.1, -0.05) is 20.8 Å². The third-order valence-electron chi connectivity index (χ3n) is 2.59. The van der Waals surface area contributed by atoms with Crippen molar-refractivity contribution in [2.45, 2.75) is 32.2 Å². The van der Waals surface area contributed by atoms with Crippen molar-refractivity contribution >= 4 is 0 Å². The van der Waals surface area contributed by atoms with Crippen molar-refractivity contribution in [3.05, 3.63) is 17.5 Å². The van der Waals surface area contributed by atoms with Crippen molar-refractivity contribution in [2.24, 2.45) is 12.8 Å². The maximum atomic E-state index is 5.85. The molecule has 1 rings (SSSR count). The highest BCUT2D eigenvalue weighted by atomic mass is 15.5. The molecule has 5 nitrogen and oxygen atoms in total. The Kier molecular flexibility index (Phi) is 4.30. The number of rotatable bonds is 4. The second-order valence-corrected chi connectivity index (χ2v) is 5.67. The van der Waals surface area contributed by atoms with Gasteiger partial charge in [0.2, 0.25) is 0 Å². The standard InChI is InChI=1S/C12H25N5/c1-12(2,3)11-9(8-17(6)15-11)10(7-13)14-16(4)5/h8,10,14H,7,13H2,1-6H3. The molecule has 0 aromatic carbocycles. The summed E-state index contributed by atoms with van der Waals surface area (Å²) < 4.78 is 1.86. The molecule has 0 spiro atoms. The van der Waals surface area contributed by atoms with Gasteiger partial charge in [0.15, 0.2) is 0 Å². The first-order valence-electron chi connectivity index (χ1n) is 5.93. The molecule has 1 unspecified atom stereocenters. The largest absolute Gasteiger partial charge is 0.329 e. The van der Waals surface area contributed by atoms with Crippen LogP contribution in [0.25, 0.3) is 0 Å². The van der Waals surface area contributed by atoms with Gasteiger partial charge in [0.1, 0.15) is 0 Å². The molecule has 17 heavy (non-hydrogen) atoms. The summed E-state index contributed by atoms with van der Waals surface area (Å²) in [5.41, 5.74) is 11.5. The fraction of sp³-hybridized carbons (Fsp3) is 0.750. The maximum Gasteiger partial charge on any atom is 0.0726 e. The zero-order valence-corrected chi connectivity index (χ0v) is 11.8. The molecule has 0 fully saturated rings. The van der Waals surface area contributed by atoms with Crippen LogP contribution in [-0.4, -0.2) is 35.4 Å². The number of nitrogens with two attached hydrogens (primary N) is 1. The monoisotopic (exact) mass is 239 g/mol. The first kappa shape index (κ1) is 14.2. The number of hydrogen-bond acceptors (Lipinski definition) is 4. The summed E-state index contributed by atoms with van der Waals surface area (Å²) in [5, 5.41) is 6.49. The van der Waals surface area contributed by atoms with Gasteiger partial charge in [0.05, 0.1) is 11.7 Å². The summed E-state index contributed by atoms with van der Waals surface area (Å²) in [6.45, 7) is 7.05. The van der Waals surface area contributed by atoms with Crippen LogP contribution in [0.2, 0.25) is 0 Å². The van der Waals surface area contributed by atoms with Crippen molar-refractivity contribution in [1.82, 2.24) is 20.2 Å². The fourth-order valence-electron chi connectivity index (χ4n) is 1.91. The Morgan fingerprint density at radius 2 is 2.06 bits per heavy atom. The Labute approximate surface area is 104 Å². The molecule has 1 heterocycles. The van der Waals surface area contributed by atoms with Crippen LogP contribution in [0.1, 0.15) is 38.1 Å². The number of hydrazine groups is 1. The van der Waals surface area contributed by atoms with Gasteiger partial charge in [-0.2, -0.15) is 5.10 Å². The predicted octanol–water partition coefficient (Wildman–Crippen LogP) is 0.784. The Morgan fingerprint density at radius 1 is 1.47 bits per heavy atom. The normalized spacial score (nSPS) is 14.4. The average molecular weight is 239 g/mol. The Hall–Kier alpha value is -0.910. The SMILES string of the molecule is CN(C)NC(CN)c1cn(C)nc1C(C)(C)C. The number of aromatic nitrogens is 2. The van der Waals surface area contributed by atoms with Crippen LogP contribution in [-0.2, 0) is 12.5 Å². The summed E-state index contributed by atoms with van der Waals surface area (Å²) in [6.07, 6.45) is 2.05. The molecule has 1 aromatic heterocycles. The van der Waals surface area contributed by atoms with E-state index in [-0.39, 0.29) is 11.5 Å². The van der Waals surface area contributed by atoms with E-state index in [4.69, 9.17) is 5.73 Å². The lowest BCUT2D eigenvalue weighted by molar-refractivity contribution is 0.244. The van der Waals surface area contributed by atoms with E-state index in [1.807, 2.05) is 30.8 Å². The van der Waals surface area contributed by atoms with Crippen LogP contribution in [0.5, 0.6) is 0 Å². The van der Waals surface area contributed by atoms with E-state index >= 15 is 0 Å². The first-order valence-corrected chi connectivity index (χ1v) is 5.93. The molecule has 0 aliphatic carbocycles. The number of nitrogens with zero attached hydrogens (tertiary/aromatic N) is 3. The van der Waals surface area contributed by atoms with Crippen molar-refractivity contribution in [3.63, 3.8) is 0 Å². The molecular weight excluding hydrogens is 214 g/mol. The summed E-state index contributed by atoms with van der Waals surface area (Å²) in [6, 6.07) is 0.105. The number of hydrogen-bond donors (Lipinski definition) is 2. The molecular formula is C12H25N5. The van der Waals surface area contributed by atoms with Crippen molar-refractivity contribution < 1.29 is 0 Å². The zero-order valence-electron chi connectivity index (χ0n) is 11.8. The predicted molar refractivity (Wildman–Crippen MR) is 70.5 cm³/mol. The Bertz CT molecular complexity index is 361. The molecule has 5 heteroatoms. The second kappa shape index (κ2) is 5.16. The highest BCUT2D eigenvalue weighted by Gasteiger charge is 2.26. The summed E-state index contributed by atoms with van der Waals surface area (Å²) >= 11 is 0. The van der Waals surface area contributed by atoms with Gasteiger partial charge in [-0.3, -0.25) is 4.68 Å². The summed E-state index contributed by atoms with van der Waals surface area (Å²) in [4.78, 5) is 0. The van der Waals surface area contributed by atoms with Crippen molar-refractivity contribution in [3.8, 4) is 0 Å². The lowest BCUT2D eigenvalue weighted by Crippen LogP contribution is -2.38. The molecule has 3 N–H and O–H groups in total. The summed E-state index contributed by atoms with van der Waals surface area (Å²) in [5.74, 6) is 0. The molecule has 0 radical (unpaired) electrons. The molecule has 0 bridgehead atoms. The minimum absolute atomic E-state index is 0.0258. The lowest BCUT2D eigenvalue weighted by atomic mass is 9.87. The average Bonchev–Trinajstić information content (AvgIpc) is 2.55. The molecule has 0 aliphatic rings. The van der Waals surface area contributed by atoms with E-state index in [1.54, 1.807) is 0 Å². The highest BCUT2D eigenvalue weighted by molar-refractivity contribution is 5.27. The first-order chi connectivity index (χ1) is 7.75. The number of aryl methyl sites for hydroxylation is 1. The maximum absolute atomic E-state index is 5.85. The molecule has 0 amide bonds. The van der Waals surface area contributed by atoms with E-state index in [9.17, 15) is 0 Å². The van der Waals surface area contributed by atoms with E-state index < -0.39 is 0 Å². The number of nitrogens with one attached hydrogen (secondary N) is 1. The zero-order chi connectivity index (χ0) is 13.2. The Balaban J connectivity index is 3.10. The van der Waals surface area contributed by atoms with E-state index in [0.29, 0.717) is 6.54 Å². The quantitative estimate of drug-likeness (QED) is 0.763. The van der Waals surface area contributed by atoms with Gasteiger partial charge in [-0.05, 0) is 0 Å². The molecule has 0 saturated heterocycles. The lowest BCUT2D eigenvalue weighted by Gasteiger charge is -2.25. The molecule has 1 atom stereocenters. The van der Waals surface area contributed by atoms with Crippen LogP contribution in [0.4, 0.5) is 0 Å². The minimum Gasteiger partial charge on any atom is -0.329 e. The van der Waals surface area contributed by atoms with Crippen molar-refractivity contribution in [2.75, 3.05) is 20.6 Å². The van der Waals surface area contributed by atoms with Crippen LogP contribution >= 0.6 is 0 Å². The van der Waals surface area contributed by atoms with Gasteiger partial charge < -0.3 is 5.73 Å². The summed E-state index contributed by atoms with van der Waals surface area (Å²) in [7, 11) is 5.88. The molecule has 0 saturated carbocycles. The van der Waals surface area contributed by atoms with Crippen LogP contribution in [0, 0.1) is 0 Å². The molecule has 0 aliphatic heterocycles. The Morgan fingerprint density at radius 3 is 2.47 bits per heavy atom. The third-order valence-corrected chi connectivity index (χ3v) is 2.59. The highest BCUT2D eigenvalue weighted by Crippen LogP contribution is 2.27. The van der Waals surface area contributed by atoms with Gasteiger partial charge >= 0.3 is 0 Å². The van der Waals surface area contributed by atoms with Crippen LogP contribution < -0.4 is 11.2 Å². The molecule has 98 valence electrons. The minimum atomic E-state index is 0.0258. The van der Waals surface area contributed by atoms with Crippen LogP contribution in [0.15, 0.2) is 6.20 Å². The topological polar surface area (TPSA) is 59.1 Å². The van der Waals surface area contributed by atoms with Gasteiger partial charge in [0.25, 0.3) is 0 Å². The van der Waals surface area contributed by atoms with Crippen molar-refractivity contribution in [1.29, 1.82) is 0 Å². The van der Waals surface area contributed by atoms with Gasteiger partial charge in [0, 0.05) is 44.9 Å². The molecule has 1 aromatic rings. The fourth-order valence-corrected chi connectivity index (χ4v) is 1.91. The third kappa shape index (κ3) is 3.52. The second-order valence-electron chi connectivity index (χ2n) is 5.67. The van der Waals surface area contributed by atoms with Gasteiger partial charge in [-0.15, -0.1) is 0 Å². The smallest absolute Gasteiger partial charge is 0.0726 e. The van der Waals surface area contributed by atoms with E-state index in [0.717, 1.165) is 5.69 Å². The van der Waals surface area contributed by atoms with Gasteiger partial charge in [-0.25, -0.2) is 10.4 Å².